The van der Waals surface area contributed by atoms with Crippen LogP contribution in [-0.2, 0) is 31.6 Å². The number of hydrogen-bond donors (Lipinski definition) is 6. The number of aromatic amines is 1. The molecule has 0 aromatic carbocycles. The summed E-state index contributed by atoms with van der Waals surface area (Å²) in [6, 6.07) is 0.749. The summed E-state index contributed by atoms with van der Waals surface area (Å²) in [4.78, 5) is 59.9. The normalized spacial score (nSPS) is 25.7. The second-order valence-electron chi connectivity index (χ2n) is 5.70. The highest BCUT2D eigenvalue weighted by Crippen LogP contribution is 2.66. The van der Waals surface area contributed by atoms with Crippen molar-refractivity contribution < 1.29 is 65.0 Å². The number of ether oxygens (including phenoxy) is 1. The van der Waals surface area contributed by atoms with Gasteiger partial charge < -0.3 is 29.4 Å². The Morgan fingerprint density at radius 3 is 2.29 bits per heavy atom. The Bertz CT molecular complexity index is 1140. The number of hydrogen-bond acceptors (Lipinski definition) is 10. The van der Waals surface area contributed by atoms with Crippen molar-refractivity contribution in [2.45, 2.75) is 11.7 Å². The smallest absolute Gasteiger partial charge is 0.461 e. The zero-order valence-corrected chi connectivity index (χ0v) is 17.3. The number of aliphatic hydroxyl groups is 1. The van der Waals surface area contributed by atoms with E-state index < -0.39 is 71.4 Å². The molecule has 1 aliphatic heterocycles. The summed E-state index contributed by atoms with van der Waals surface area (Å²) in [6.07, 6.45) is -1.84. The van der Waals surface area contributed by atoms with Crippen LogP contribution in [0.25, 0.3) is 5.88 Å². The number of nitrogens with zero attached hydrogens (tertiary/aromatic N) is 1. The van der Waals surface area contributed by atoms with E-state index in [1.54, 1.807) is 4.98 Å². The summed E-state index contributed by atoms with van der Waals surface area (Å²) in [6.45, 7) is -3.37. The zero-order valence-electron chi connectivity index (χ0n) is 14.6. The third-order valence-corrected chi connectivity index (χ3v) is 7.18. The molecule has 0 saturated heterocycles. The lowest BCUT2D eigenvalue weighted by atomic mass is 10.0. The molecular formula is C10H13F2N2O14P3. The quantitative estimate of drug-likeness (QED) is 0.217. The maximum absolute atomic E-state index is 14.4. The van der Waals surface area contributed by atoms with Crippen LogP contribution in [0, 0.1) is 0 Å². The van der Waals surface area contributed by atoms with E-state index in [1.807, 2.05) is 0 Å². The largest absolute Gasteiger partial charge is 0.490 e. The van der Waals surface area contributed by atoms with Gasteiger partial charge in [-0.25, -0.2) is 31.8 Å². The molecule has 0 aliphatic carbocycles. The molecule has 0 bridgehead atoms. The third kappa shape index (κ3) is 6.25. The number of aliphatic hydroxyl groups excluding tert-OH is 1. The first-order valence-corrected chi connectivity index (χ1v) is 12.0. The molecule has 21 heteroatoms. The highest BCUT2D eigenvalue weighted by molar-refractivity contribution is 7.66. The molecular weight excluding hydrogens is 503 g/mol. The molecule has 1 aromatic heterocycles. The first-order valence-electron chi connectivity index (χ1n) is 7.44. The molecule has 0 amide bonds. The van der Waals surface area contributed by atoms with Gasteiger partial charge in [-0.2, -0.15) is 8.62 Å². The van der Waals surface area contributed by atoms with E-state index >= 15 is 0 Å². The number of alkyl halides is 1. The van der Waals surface area contributed by atoms with Crippen molar-refractivity contribution in [3.8, 4) is 0 Å². The van der Waals surface area contributed by atoms with E-state index in [0.717, 1.165) is 6.07 Å². The standard InChI is InChI=1S/C10H13F2N2O14P3/c11-3-10(4-25-30(21,22)28-31(23,24)27-29(18,19)20)7(16)6(12)8(26-10)14-2-1-5(15)13-9(14)17/h1-2,7,16H,3-4H2,(H,21,22)(H,23,24)(H,13,15,17)(H2,18,19,20)/t7-,10+/m0/s1. The number of halogens is 2. The Morgan fingerprint density at radius 1 is 1.16 bits per heavy atom. The molecule has 6 N–H and O–H groups in total. The van der Waals surface area contributed by atoms with Gasteiger partial charge in [-0.15, -0.1) is 0 Å². The third-order valence-electron chi connectivity index (χ3n) is 3.40. The number of nitrogens with one attached hydrogen (secondary N) is 1. The number of aromatic nitrogens is 2. The minimum absolute atomic E-state index is 0.322. The lowest BCUT2D eigenvalue weighted by molar-refractivity contribution is -0.0851. The van der Waals surface area contributed by atoms with Gasteiger partial charge in [-0.05, 0) is 0 Å². The number of phosphoric ester groups is 1. The van der Waals surface area contributed by atoms with Crippen LogP contribution in [-0.4, -0.2) is 59.2 Å². The lowest BCUT2D eigenvalue weighted by Crippen LogP contribution is -2.47. The molecule has 2 heterocycles. The number of rotatable bonds is 9. The monoisotopic (exact) mass is 516 g/mol. The van der Waals surface area contributed by atoms with Crippen molar-refractivity contribution >= 4 is 29.4 Å². The molecule has 0 fully saturated rings. The van der Waals surface area contributed by atoms with Gasteiger partial charge >= 0.3 is 29.2 Å². The highest BCUT2D eigenvalue weighted by atomic mass is 31.3. The summed E-state index contributed by atoms with van der Waals surface area (Å²) in [7, 11) is -17.3. The molecule has 31 heavy (non-hydrogen) atoms. The Balaban J connectivity index is 2.23. The summed E-state index contributed by atoms with van der Waals surface area (Å²) in [5, 5.41) is 9.96. The molecule has 0 saturated carbocycles. The van der Waals surface area contributed by atoms with Gasteiger partial charge in [0.1, 0.15) is 13.3 Å². The second-order valence-corrected chi connectivity index (χ2v) is 10.1. The second kappa shape index (κ2) is 8.77. The fourth-order valence-electron chi connectivity index (χ4n) is 2.13. The van der Waals surface area contributed by atoms with Crippen molar-refractivity contribution in [3.63, 3.8) is 0 Å². The van der Waals surface area contributed by atoms with Gasteiger partial charge in [0.15, 0.2) is 17.5 Å². The van der Waals surface area contributed by atoms with Gasteiger partial charge in [-0.1, -0.05) is 0 Å². The van der Waals surface area contributed by atoms with Crippen LogP contribution in [0.2, 0.25) is 0 Å². The predicted molar refractivity (Wildman–Crippen MR) is 91.3 cm³/mol. The molecule has 1 aliphatic rings. The molecule has 4 atom stereocenters. The Labute approximate surface area is 168 Å². The topological polar surface area (TPSA) is 244 Å². The number of H-pyrrole nitrogens is 1. The fraction of sp³-hybridized carbons (Fsp3) is 0.400. The van der Waals surface area contributed by atoms with Gasteiger partial charge in [0.25, 0.3) is 5.56 Å². The van der Waals surface area contributed by atoms with Crippen LogP contribution < -0.4 is 11.2 Å². The van der Waals surface area contributed by atoms with Gasteiger partial charge in [-0.3, -0.25) is 14.3 Å². The molecule has 2 rings (SSSR count). The van der Waals surface area contributed by atoms with E-state index in [4.69, 9.17) is 19.4 Å². The Kier molecular flexibility index (Phi) is 7.27. The minimum Gasteiger partial charge on any atom is -0.461 e. The average molecular weight is 516 g/mol. The maximum Gasteiger partial charge on any atom is 0.490 e. The van der Waals surface area contributed by atoms with Crippen molar-refractivity contribution in [1.29, 1.82) is 0 Å². The molecule has 176 valence electrons. The molecule has 16 nitrogen and oxygen atoms in total. The van der Waals surface area contributed by atoms with E-state index in [-0.39, 0.29) is 0 Å². The van der Waals surface area contributed by atoms with E-state index in [0.29, 0.717) is 10.8 Å². The summed E-state index contributed by atoms with van der Waals surface area (Å²) in [5.41, 5.74) is -4.96. The van der Waals surface area contributed by atoms with Crippen LogP contribution in [0.4, 0.5) is 8.78 Å². The molecule has 0 spiro atoms. The van der Waals surface area contributed by atoms with Crippen molar-refractivity contribution in [2.75, 3.05) is 13.3 Å². The molecule has 0 radical (unpaired) electrons. The van der Waals surface area contributed by atoms with E-state index in [2.05, 4.69) is 13.1 Å². The van der Waals surface area contributed by atoms with Crippen LogP contribution in [0.1, 0.15) is 0 Å². The van der Waals surface area contributed by atoms with Gasteiger partial charge in [0.05, 0.1) is 0 Å². The maximum atomic E-state index is 14.4. The highest BCUT2D eigenvalue weighted by Gasteiger charge is 2.54. The fourth-order valence-corrected chi connectivity index (χ4v) is 5.20. The van der Waals surface area contributed by atoms with E-state index in [9.17, 15) is 42.1 Å². The SMILES string of the molecule is O=c1ccn(C2=C(F)[C@H](O)[C@@](CF)(COP(=O)(O)OP(=O)(O)OP(=O)(O)O)O2)c(=O)[nH]1. The molecule has 1 aromatic rings. The van der Waals surface area contributed by atoms with Crippen molar-refractivity contribution in [2.24, 2.45) is 0 Å². The number of phosphoric acid groups is 3. The first-order chi connectivity index (χ1) is 14.0. The Morgan fingerprint density at radius 2 is 1.77 bits per heavy atom. The van der Waals surface area contributed by atoms with Crippen LogP contribution >= 0.6 is 23.5 Å². The van der Waals surface area contributed by atoms with Crippen molar-refractivity contribution in [3.05, 3.63) is 38.9 Å². The summed E-state index contributed by atoms with van der Waals surface area (Å²) in [5.74, 6) is -2.76. The minimum atomic E-state index is -5.89. The summed E-state index contributed by atoms with van der Waals surface area (Å²) < 4.78 is 77.8. The van der Waals surface area contributed by atoms with Gasteiger partial charge in [0.2, 0.25) is 5.88 Å². The summed E-state index contributed by atoms with van der Waals surface area (Å²) >= 11 is 0. The van der Waals surface area contributed by atoms with Crippen LogP contribution in [0.15, 0.2) is 27.7 Å². The first kappa shape index (κ1) is 25.7. The lowest BCUT2D eigenvalue weighted by Gasteiger charge is -2.29. The average Bonchev–Trinajstić information content (AvgIpc) is 2.82. The van der Waals surface area contributed by atoms with Gasteiger partial charge in [0, 0.05) is 12.3 Å². The zero-order chi connectivity index (χ0) is 23.8. The predicted octanol–water partition coefficient (Wildman–Crippen LogP) is -0.925. The Hall–Kier alpha value is -1.55. The van der Waals surface area contributed by atoms with Crippen LogP contribution in [0.5, 0.6) is 0 Å². The molecule has 2 unspecified atom stereocenters. The van der Waals surface area contributed by atoms with Crippen molar-refractivity contribution in [1.82, 2.24) is 9.55 Å². The van der Waals surface area contributed by atoms with E-state index in [1.165, 1.54) is 0 Å². The van der Waals surface area contributed by atoms with Crippen LogP contribution in [0.3, 0.4) is 0 Å².